The molecule has 3 heteroatoms. The highest BCUT2D eigenvalue weighted by Crippen LogP contribution is 2.22. The van der Waals surface area contributed by atoms with Crippen molar-refractivity contribution >= 4 is 11.9 Å². The molecule has 2 rings (SSSR count). The fraction of sp³-hybridized carbons (Fsp3) is 0.462. The second kappa shape index (κ2) is 5.66. The lowest BCUT2D eigenvalue weighted by atomic mass is 10.1. The van der Waals surface area contributed by atoms with Crippen LogP contribution in [0, 0.1) is 0 Å². The van der Waals surface area contributed by atoms with E-state index in [1.165, 1.54) is 19.3 Å². The van der Waals surface area contributed by atoms with Crippen LogP contribution >= 0.6 is 0 Å². The molecular weight excluding hydrogens is 200 g/mol. The maximum atomic E-state index is 8.81. The minimum atomic E-state index is 0.0777. The highest BCUT2D eigenvalue weighted by molar-refractivity contribution is 5.64. The van der Waals surface area contributed by atoms with Crippen molar-refractivity contribution < 1.29 is 5.11 Å². The summed E-state index contributed by atoms with van der Waals surface area (Å²) in [6.45, 7) is 2.27. The summed E-state index contributed by atoms with van der Waals surface area (Å²) in [6.07, 6.45) is 9.35. The summed E-state index contributed by atoms with van der Waals surface area (Å²) in [5, 5.41) is 8.81. The molecule has 1 aromatic rings. The van der Waals surface area contributed by atoms with Gasteiger partial charge in [0.2, 0.25) is 0 Å². The Balaban J connectivity index is 2.20. The van der Waals surface area contributed by atoms with Crippen LogP contribution in [0.15, 0.2) is 24.4 Å². The molecule has 86 valence electrons. The van der Waals surface area contributed by atoms with Gasteiger partial charge in [0.25, 0.3) is 0 Å². The van der Waals surface area contributed by atoms with Crippen molar-refractivity contribution in [1.29, 1.82) is 0 Å². The predicted octanol–water partition coefficient (Wildman–Crippen LogP) is 2.08. The molecule has 1 aliphatic rings. The van der Waals surface area contributed by atoms with Crippen molar-refractivity contribution in [3.63, 3.8) is 0 Å². The van der Waals surface area contributed by atoms with Gasteiger partial charge in [-0.1, -0.05) is 12.2 Å². The minimum Gasteiger partial charge on any atom is -0.392 e. The van der Waals surface area contributed by atoms with Crippen LogP contribution in [0.25, 0.3) is 6.08 Å². The number of aliphatic hydroxyl groups excluding tert-OH is 1. The number of aliphatic hydroxyl groups is 1. The van der Waals surface area contributed by atoms with Crippen molar-refractivity contribution in [3.05, 3.63) is 30.0 Å². The molecule has 3 nitrogen and oxygen atoms in total. The first kappa shape index (κ1) is 11.1. The van der Waals surface area contributed by atoms with E-state index in [1.807, 2.05) is 24.4 Å². The van der Waals surface area contributed by atoms with Crippen LogP contribution in [-0.4, -0.2) is 29.8 Å². The highest BCUT2D eigenvalue weighted by atomic mass is 16.2. The van der Waals surface area contributed by atoms with E-state index >= 15 is 0 Å². The quantitative estimate of drug-likeness (QED) is 0.843. The average molecular weight is 218 g/mol. The fourth-order valence-electron chi connectivity index (χ4n) is 2.09. The van der Waals surface area contributed by atoms with Crippen molar-refractivity contribution in [2.45, 2.75) is 19.3 Å². The van der Waals surface area contributed by atoms with Gasteiger partial charge in [-0.2, -0.15) is 0 Å². The van der Waals surface area contributed by atoms with E-state index in [4.69, 9.17) is 5.11 Å². The molecule has 0 saturated carbocycles. The zero-order valence-corrected chi connectivity index (χ0v) is 9.47. The summed E-state index contributed by atoms with van der Waals surface area (Å²) in [5.41, 5.74) is 1.10. The van der Waals surface area contributed by atoms with Gasteiger partial charge in [0.05, 0.1) is 6.61 Å². The van der Waals surface area contributed by atoms with Gasteiger partial charge in [0.15, 0.2) is 0 Å². The molecule has 1 N–H and O–H groups in total. The molecule has 0 bridgehead atoms. The van der Waals surface area contributed by atoms with E-state index in [-0.39, 0.29) is 6.61 Å². The molecule has 0 spiro atoms. The van der Waals surface area contributed by atoms with Crippen LogP contribution in [0.2, 0.25) is 0 Å². The lowest BCUT2D eigenvalue weighted by Gasteiger charge is -2.28. The van der Waals surface area contributed by atoms with Crippen LogP contribution in [0.1, 0.15) is 24.8 Å². The standard InChI is InChI=1S/C13H18N2O/c16-11-5-7-12-6-4-8-14-13(12)15-9-2-1-3-10-15/h4-8,16H,1-3,9-11H2/b7-5+. The number of piperidine rings is 1. The molecule has 1 fully saturated rings. The van der Waals surface area contributed by atoms with Gasteiger partial charge in [-0.25, -0.2) is 4.98 Å². The van der Waals surface area contributed by atoms with Gasteiger partial charge in [0.1, 0.15) is 5.82 Å². The Labute approximate surface area is 96.4 Å². The van der Waals surface area contributed by atoms with Crippen molar-refractivity contribution in [2.75, 3.05) is 24.6 Å². The maximum absolute atomic E-state index is 8.81. The van der Waals surface area contributed by atoms with E-state index in [1.54, 1.807) is 6.08 Å². The predicted molar refractivity (Wildman–Crippen MR) is 66.4 cm³/mol. The zero-order chi connectivity index (χ0) is 11.2. The van der Waals surface area contributed by atoms with E-state index in [0.29, 0.717) is 0 Å². The minimum absolute atomic E-state index is 0.0777. The number of hydrogen-bond acceptors (Lipinski definition) is 3. The van der Waals surface area contributed by atoms with Crippen LogP contribution in [0.5, 0.6) is 0 Å². The van der Waals surface area contributed by atoms with Crippen LogP contribution < -0.4 is 4.90 Å². The van der Waals surface area contributed by atoms with Gasteiger partial charge < -0.3 is 10.0 Å². The molecule has 0 atom stereocenters. The number of pyridine rings is 1. The summed E-state index contributed by atoms with van der Waals surface area (Å²) < 4.78 is 0. The first-order valence-corrected chi connectivity index (χ1v) is 5.89. The molecule has 16 heavy (non-hydrogen) atoms. The Kier molecular flexibility index (Phi) is 3.94. The van der Waals surface area contributed by atoms with E-state index in [9.17, 15) is 0 Å². The first-order chi connectivity index (χ1) is 7.92. The second-order valence-electron chi connectivity index (χ2n) is 4.05. The molecule has 0 amide bonds. The number of nitrogens with zero attached hydrogens (tertiary/aromatic N) is 2. The summed E-state index contributed by atoms with van der Waals surface area (Å²) in [5.74, 6) is 1.05. The normalized spacial score (nSPS) is 16.9. The summed E-state index contributed by atoms with van der Waals surface area (Å²) in [4.78, 5) is 6.78. The number of hydrogen-bond donors (Lipinski definition) is 1. The summed E-state index contributed by atoms with van der Waals surface area (Å²) >= 11 is 0. The molecular formula is C13H18N2O. The molecule has 2 heterocycles. The van der Waals surface area contributed by atoms with Crippen LogP contribution in [0.3, 0.4) is 0 Å². The second-order valence-corrected chi connectivity index (χ2v) is 4.05. The van der Waals surface area contributed by atoms with Crippen molar-refractivity contribution in [3.8, 4) is 0 Å². The summed E-state index contributed by atoms with van der Waals surface area (Å²) in [7, 11) is 0. The van der Waals surface area contributed by atoms with E-state index < -0.39 is 0 Å². The molecule has 0 aliphatic carbocycles. The lowest BCUT2D eigenvalue weighted by molar-refractivity contribution is 0.343. The number of anilines is 1. The van der Waals surface area contributed by atoms with Crippen LogP contribution in [-0.2, 0) is 0 Å². The molecule has 0 unspecified atom stereocenters. The van der Waals surface area contributed by atoms with Crippen molar-refractivity contribution in [1.82, 2.24) is 4.98 Å². The third-order valence-corrected chi connectivity index (χ3v) is 2.88. The number of rotatable bonds is 3. The smallest absolute Gasteiger partial charge is 0.135 e. The lowest BCUT2D eigenvalue weighted by Crippen LogP contribution is -2.30. The Bertz CT molecular complexity index is 357. The zero-order valence-electron chi connectivity index (χ0n) is 9.47. The SMILES string of the molecule is OC/C=C/c1cccnc1N1CCCCC1. The van der Waals surface area contributed by atoms with Gasteiger partial charge in [-0.15, -0.1) is 0 Å². The fourth-order valence-corrected chi connectivity index (χ4v) is 2.09. The molecule has 0 aromatic carbocycles. The largest absolute Gasteiger partial charge is 0.392 e. The molecule has 1 saturated heterocycles. The third kappa shape index (κ3) is 2.61. The van der Waals surface area contributed by atoms with Crippen molar-refractivity contribution in [2.24, 2.45) is 0 Å². The van der Waals surface area contributed by atoms with Gasteiger partial charge >= 0.3 is 0 Å². The maximum Gasteiger partial charge on any atom is 0.135 e. The Morgan fingerprint density at radius 2 is 2.12 bits per heavy atom. The van der Waals surface area contributed by atoms with Gasteiger partial charge in [-0.05, 0) is 31.4 Å². The number of aromatic nitrogens is 1. The topological polar surface area (TPSA) is 36.4 Å². The summed E-state index contributed by atoms with van der Waals surface area (Å²) in [6, 6.07) is 3.98. The Morgan fingerprint density at radius 1 is 1.31 bits per heavy atom. The molecule has 0 radical (unpaired) electrons. The molecule has 1 aromatic heterocycles. The average Bonchev–Trinajstić information content (AvgIpc) is 2.38. The Morgan fingerprint density at radius 3 is 2.88 bits per heavy atom. The van der Waals surface area contributed by atoms with Crippen LogP contribution in [0.4, 0.5) is 5.82 Å². The molecule has 1 aliphatic heterocycles. The van der Waals surface area contributed by atoms with E-state index in [2.05, 4.69) is 9.88 Å². The van der Waals surface area contributed by atoms with Gasteiger partial charge in [-0.3, -0.25) is 0 Å². The van der Waals surface area contributed by atoms with E-state index in [0.717, 1.165) is 24.5 Å². The highest BCUT2D eigenvalue weighted by Gasteiger charge is 2.13. The Hall–Kier alpha value is -1.35. The third-order valence-electron chi connectivity index (χ3n) is 2.88. The van der Waals surface area contributed by atoms with Gasteiger partial charge in [0, 0.05) is 24.8 Å². The monoisotopic (exact) mass is 218 g/mol. The first-order valence-electron chi connectivity index (χ1n) is 5.89.